The van der Waals surface area contributed by atoms with Crippen LogP contribution in [0, 0.1) is 5.92 Å². The van der Waals surface area contributed by atoms with Crippen LogP contribution in [0.4, 0.5) is 0 Å². The highest BCUT2D eigenvalue weighted by Crippen LogP contribution is 2.09. The molecule has 0 aromatic rings. The van der Waals surface area contributed by atoms with Crippen LogP contribution in [-0.4, -0.2) is 17.6 Å². The van der Waals surface area contributed by atoms with Crippen molar-refractivity contribution < 1.29 is 9.90 Å². The molecule has 0 unspecified atom stereocenters. The highest BCUT2D eigenvalue weighted by Gasteiger charge is 1.93. The highest BCUT2D eigenvalue weighted by atomic mass is 16.4. The molecule has 0 saturated carbocycles. The second-order valence-electron chi connectivity index (χ2n) is 4.53. The van der Waals surface area contributed by atoms with Gasteiger partial charge in [0.1, 0.15) is 0 Å². The average Bonchev–Trinajstić information content (AvgIpc) is 2.20. The van der Waals surface area contributed by atoms with E-state index in [2.05, 4.69) is 25.2 Å². The third-order valence-corrected chi connectivity index (χ3v) is 2.37. The van der Waals surface area contributed by atoms with Gasteiger partial charge >= 0.3 is 5.97 Å². The Balaban J connectivity index is 3.12. The van der Waals surface area contributed by atoms with E-state index in [9.17, 15) is 4.79 Å². The Morgan fingerprint density at radius 3 is 2.69 bits per heavy atom. The van der Waals surface area contributed by atoms with Crippen LogP contribution in [0.1, 0.15) is 52.4 Å². The van der Waals surface area contributed by atoms with Crippen LogP contribution in [-0.2, 0) is 4.79 Å². The molecule has 2 N–H and O–H groups in total. The minimum absolute atomic E-state index is 0.179. The Labute approximate surface area is 98.9 Å². The van der Waals surface area contributed by atoms with Gasteiger partial charge in [0.05, 0.1) is 6.42 Å². The summed E-state index contributed by atoms with van der Waals surface area (Å²) in [7, 11) is 0. The zero-order chi connectivity index (χ0) is 12.2. The van der Waals surface area contributed by atoms with Gasteiger partial charge in [0.2, 0.25) is 0 Å². The monoisotopic (exact) mass is 227 g/mol. The fraction of sp³-hybridized carbons (Fsp3) is 0.769. The predicted molar refractivity (Wildman–Crippen MR) is 67.3 cm³/mol. The van der Waals surface area contributed by atoms with E-state index in [-0.39, 0.29) is 6.42 Å². The molecule has 0 aromatic carbocycles. The normalized spacial score (nSPS) is 11.2. The SMILES string of the molecule is CC(C)CCCCCC=CNCCC(=O)O. The van der Waals surface area contributed by atoms with E-state index >= 15 is 0 Å². The van der Waals surface area contributed by atoms with Crippen molar-refractivity contribution >= 4 is 5.97 Å². The smallest absolute Gasteiger partial charge is 0.305 e. The van der Waals surface area contributed by atoms with Gasteiger partial charge in [0.25, 0.3) is 0 Å². The first-order chi connectivity index (χ1) is 7.63. The van der Waals surface area contributed by atoms with E-state index in [1.807, 2.05) is 6.20 Å². The summed E-state index contributed by atoms with van der Waals surface area (Å²) >= 11 is 0. The Morgan fingerprint density at radius 1 is 1.31 bits per heavy atom. The molecule has 0 aliphatic carbocycles. The average molecular weight is 227 g/mol. The van der Waals surface area contributed by atoms with Crippen molar-refractivity contribution in [3.63, 3.8) is 0 Å². The first-order valence-electron chi connectivity index (χ1n) is 6.23. The molecule has 0 amide bonds. The molecule has 3 heteroatoms. The topological polar surface area (TPSA) is 49.3 Å². The Morgan fingerprint density at radius 2 is 2.06 bits per heavy atom. The first kappa shape index (κ1) is 15.0. The molecule has 0 heterocycles. The molecule has 0 saturated heterocycles. The van der Waals surface area contributed by atoms with Gasteiger partial charge in [-0.15, -0.1) is 0 Å². The van der Waals surface area contributed by atoms with Crippen molar-refractivity contribution in [3.8, 4) is 0 Å². The maximum atomic E-state index is 10.2. The summed E-state index contributed by atoms with van der Waals surface area (Å²) in [5.74, 6) is 0.0582. The number of hydrogen-bond donors (Lipinski definition) is 2. The lowest BCUT2D eigenvalue weighted by Gasteiger charge is -2.02. The number of hydrogen-bond acceptors (Lipinski definition) is 2. The lowest BCUT2D eigenvalue weighted by Crippen LogP contribution is -2.11. The lowest BCUT2D eigenvalue weighted by molar-refractivity contribution is -0.136. The van der Waals surface area contributed by atoms with Crippen LogP contribution in [0.25, 0.3) is 0 Å². The van der Waals surface area contributed by atoms with Gasteiger partial charge < -0.3 is 10.4 Å². The number of carbonyl (C=O) groups is 1. The number of carboxylic acid groups (broad SMARTS) is 1. The molecule has 0 atom stereocenters. The predicted octanol–water partition coefficient (Wildman–Crippen LogP) is 3.17. The van der Waals surface area contributed by atoms with Gasteiger partial charge in [-0.3, -0.25) is 4.79 Å². The second-order valence-corrected chi connectivity index (χ2v) is 4.53. The summed E-state index contributed by atoms with van der Waals surface area (Å²) in [6.07, 6.45) is 10.4. The van der Waals surface area contributed by atoms with Crippen LogP contribution < -0.4 is 5.32 Å². The summed E-state index contributed by atoms with van der Waals surface area (Å²) in [6, 6.07) is 0. The largest absolute Gasteiger partial charge is 0.481 e. The maximum absolute atomic E-state index is 10.2. The molecule has 0 radical (unpaired) electrons. The van der Waals surface area contributed by atoms with Crippen molar-refractivity contribution in [1.29, 1.82) is 0 Å². The number of aliphatic carboxylic acids is 1. The molecule has 0 rings (SSSR count). The molecule has 94 valence electrons. The van der Waals surface area contributed by atoms with E-state index < -0.39 is 5.97 Å². The maximum Gasteiger partial charge on any atom is 0.305 e. The van der Waals surface area contributed by atoms with Crippen LogP contribution in [0.5, 0.6) is 0 Å². The summed E-state index contributed by atoms with van der Waals surface area (Å²) < 4.78 is 0. The Bertz CT molecular complexity index is 200. The van der Waals surface area contributed by atoms with Gasteiger partial charge in [0.15, 0.2) is 0 Å². The van der Waals surface area contributed by atoms with Crippen LogP contribution in [0.15, 0.2) is 12.3 Å². The number of unbranched alkanes of at least 4 members (excludes halogenated alkanes) is 3. The summed E-state index contributed by atoms with van der Waals surface area (Å²) in [5, 5.41) is 11.4. The molecular weight excluding hydrogens is 202 g/mol. The minimum Gasteiger partial charge on any atom is -0.481 e. The Kier molecular flexibility index (Phi) is 9.87. The standard InChI is InChI=1S/C13H25NO2/c1-12(2)8-6-4-3-5-7-10-14-11-9-13(15)16/h7,10,12,14H,3-6,8-9,11H2,1-2H3,(H,15,16). The third-order valence-electron chi connectivity index (χ3n) is 2.37. The van der Waals surface area contributed by atoms with Gasteiger partial charge in [-0.25, -0.2) is 0 Å². The number of rotatable bonds is 10. The first-order valence-corrected chi connectivity index (χ1v) is 6.23. The van der Waals surface area contributed by atoms with E-state index in [1.165, 1.54) is 25.7 Å². The van der Waals surface area contributed by atoms with Crippen molar-refractivity contribution in [1.82, 2.24) is 5.32 Å². The van der Waals surface area contributed by atoms with Crippen molar-refractivity contribution in [2.45, 2.75) is 52.4 Å². The van der Waals surface area contributed by atoms with Gasteiger partial charge in [-0.1, -0.05) is 39.2 Å². The fourth-order valence-electron chi connectivity index (χ4n) is 1.42. The molecule has 0 aromatic heterocycles. The molecule has 0 aliphatic heterocycles. The fourth-order valence-corrected chi connectivity index (χ4v) is 1.42. The summed E-state index contributed by atoms with van der Waals surface area (Å²) in [6.45, 7) is 5.03. The molecule has 0 aliphatic rings. The van der Waals surface area contributed by atoms with Gasteiger partial charge in [0, 0.05) is 6.54 Å². The third kappa shape index (κ3) is 13.0. The zero-order valence-electron chi connectivity index (χ0n) is 10.5. The van der Waals surface area contributed by atoms with Gasteiger partial charge in [-0.05, 0) is 25.0 Å². The van der Waals surface area contributed by atoms with Crippen LogP contribution >= 0.6 is 0 Å². The lowest BCUT2D eigenvalue weighted by atomic mass is 10.0. The molecule has 16 heavy (non-hydrogen) atoms. The van der Waals surface area contributed by atoms with E-state index in [0.29, 0.717) is 6.54 Å². The Hall–Kier alpha value is -0.990. The summed E-state index contributed by atoms with van der Waals surface area (Å²) in [5.41, 5.74) is 0. The van der Waals surface area contributed by atoms with Crippen LogP contribution in [0.3, 0.4) is 0 Å². The number of nitrogens with one attached hydrogen (secondary N) is 1. The molecule has 0 fully saturated rings. The quantitative estimate of drug-likeness (QED) is 0.564. The molecule has 0 bridgehead atoms. The van der Waals surface area contributed by atoms with Crippen molar-refractivity contribution in [2.75, 3.05) is 6.54 Å². The minimum atomic E-state index is -0.755. The van der Waals surface area contributed by atoms with E-state index in [0.717, 1.165) is 12.3 Å². The number of carboxylic acids is 1. The van der Waals surface area contributed by atoms with E-state index in [1.54, 1.807) is 0 Å². The van der Waals surface area contributed by atoms with Crippen LogP contribution in [0.2, 0.25) is 0 Å². The molecule has 3 nitrogen and oxygen atoms in total. The van der Waals surface area contributed by atoms with Gasteiger partial charge in [-0.2, -0.15) is 0 Å². The summed E-state index contributed by atoms with van der Waals surface area (Å²) in [4.78, 5) is 10.2. The van der Waals surface area contributed by atoms with Crippen molar-refractivity contribution in [3.05, 3.63) is 12.3 Å². The molecule has 0 spiro atoms. The molecular formula is C13H25NO2. The highest BCUT2D eigenvalue weighted by molar-refractivity contribution is 5.66. The zero-order valence-corrected chi connectivity index (χ0v) is 10.5. The number of allylic oxidation sites excluding steroid dienone is 1. The van der Waals surface area contributed by atoms with E-state index in [4.69, 9.17) is 5.11 Å². The second kappa shape index (κ2) is 10.5. The van der Waals surface area contributed by atoms with Crippen molar-refractivity contribution in [2.24, 2.45) is 5.92 Å².